The Morgan fingerprint density at radius 3 is 2.00 bits per heavy atom. The Kier molecular flexibility index (Phi) is 6.03. The van der Waals surface area contributed by atoms with Gasteiger partial charge in [0.25, 0.3) is 15.9 Å². The Bertz CT molecular complexity index is 1090. The number of para-hydroxylation sites is 2. The largest absolute Gasteiger partial charge is 0.483 e. The van der Waals surface area contributed by atoms with Crippen molar-refractivity contribution in [1.82, 2.24) is 0 Å². The van der Waals surface area contributed by atoms with Gasteiger partial charge in [0.1, 0.15) is 5.75 Å². The molecular formula is C23H23NO4S. The van der Waals surface area contributed by atoms with Crippen LogP contribution in [0.2, 0.25) is 0 Å². The predicted octanol–water partition coefficient (Wildman–Crippen LogP) is 4.41. The number of hydrogen-bond donors (Lipinski definition) is 0. The molecule has 0 aliphatic heterocycles. The number of nitrogens with zero attached hydrogens (tertiary/aromatic N) is 1. The zero-order valence-corrected chi connectivity index (χ0v) is 17.4. The summed E-state index contributed by atoms with van der Waals surface area (Å²) >= 11 is 0. The molecule has 3 rings (SSSR count). The number of carbonyl (C=O) groups excluding carboxylic acids is 1. The minimum atomic E-state index is -4.09. The molecule has 0 saturated heterocycles. The zero-order valence-electron chi connectivity index (χ0n) is 16.6. The second-order valence-corrected chi connectivity index (χ2v) is 8.61. The van der Waals surface area contributed by atoms with Gasteiger partial charge in [0, 0.05) is 0 Å². The monoisotopic (exact) mass is 409 g/mol. The Morgan fingerprint density at radius 2 is 1.41 bits per heavy atom. The first-order chi connectivity index (χ1) is 13.8. The Labute approximate surface area is 171 Å². The third-order valence-corrected chi connectivity index (χ3v) is 6.29. The summed E-state index contributed by atoms with van der Waals surface area (Å²) in [7, 11) is -4.09. The molecule has 0 aliphatic carbocycles. The van der Waals surface area contributed by atoms with Crippen molar-refractivity contribution in [2.24, 2.45) is 0 Å². The van der Waals surface area contributed by atoms with Crippen LogP contribution in [0.5, 0.6) is 5.75 Å². The van der Waals surface area contributed by atoms with Gasteiger partial charge in [0.2, 0.25) is 0 Å². The van der Waals surface area contributed by atoms with Gasteiger partial charge in [0.15, 0.2) is 6.61 Å². The molecule has 0 aromatic heterocycles. The summed E-state index contributed by atoms with van der Waals surface area (Å²) in [6, 6.07) is 20.4. The van der Waals surface area contributed by atoms with Crippen LogP contribution in [-0.4, -0.2) is 20.9 Å². The van der Waals surface area contributed by atoms with Gasteiger partial charge >= 0.3 is 0 Å². The lowest BCUT2D eigenvalue weighted by molar-refractivity contribution is -0.119. The summed E-state index contributed by atoms with van der Waals surface area (Å²) in [6.45, 7) is 5.23. The number of anilines is 1. The molecule has 6 heteroatoms. The van der Waals surface area contributed by atoms with Crippen LogP contribution in [0.25, 0.3) is 0 Å². The molecule has 0 heterocycles. The molecule has 0 unspecified atom stereocenters. The van der Waals surface area contributed by atoms with Crippen LogP contribution in [-0.2, 0) is 14.8 Å². The standard InChI is InChI=1S/C23H23NO4S/c1-17-12-14-21(15-13-17)29(26,27)24(20-10-5-4-6-11-20)22(25)16-28-23-18(2)8-7-9-19(23)3/h4-15H,16H2,1-3H3. The van der Waals surface area contributed by atoms with Gasteiger partial charge < -0.3 is 4.74 Å². The molecule has 0 atom stereocenters. The molecule has 3 aromatic carbocycles. The summed E-state index contributed by atoms with van der Waals surface area (Å²) in [5.74, 6) is -0.0824. The zero-order chi connectivity index (χ0) is 21.0. The maximum absolute atomic E-state index is 13.3. The fourth-order valence-corrected chi connectivity index (χ4v) is 4.43. The maximum Gasteiger partial charge on any atom is 0.278 e. The normalized spacial score (nSPS) is 11.1. The lowest BCUT2D eigenvalue weighted by atomic mass is 10.1. The second kappa shape index (κ2) is 8.49. The summed E-state index contributed by atoms with van der Waals surface area (Å²) in [5.41, 5.74) is 2.96. The van der Waals surface area contributed by atoms with E-state index in [-0.39, 0.29) is 10.6 Å². The second-order valence-electron chi connectivity index (χ2n) is 6.82. The number of amides is 1. The van der Waals surface area contributed by atoms with Crippen molar-refractivity contribution in [2.45, 2.75) is 25.7 Å². The van der Waals surface area contributed by atoms with Gasteiger partial charge in [-0.25, -0.2) is 8.42 Å². The average molecular weight is 410 g/mol. The highest BCUT2D eigenvalue weighted by Gasteiger charge is 2.31. The quantitative estimate of drug-likeness (QED) is 0.605. The highest BCUT2D eigenvalue weighted by molar-refractivity contribution is 7.93. The van der Waals surface area contributed by atoms with E-state index in [1.54, 1.807) is 42.5 Å². The van der Waals surface area contributed by atoms with Crippen LogP contribution in [0, 0.1) is 20.8 Å². The van der Waals surface area contributed by atoms with E-state index in [0.29, 0.717) is 5.75 Å². The van der Waals surface area contributed by atoms with Crippen molar-refractivity contribution >= 4 is 21.6 Å². The van der Waals surface area contributed by atoms with Crippen molar-refractivity contribution < 1.29 is 17.9 Å². The number of hydrogen-bond acceptors (Lipinski definition) is 4. The maximum atomic E-state index is 13.3. The molecule has 0 N–H and O–H groups in total. The molecule has 1 amide bonds. The van der Waals surface area contributed by atoms with Crippen LogP contribution in [0.1, 0.15) is 16.7 Å². The highest BCUT2D eigenvalue weighted by Crippen LogP contribution is 2.26. The van der Waals surface area contributed by atoms with E-state index in [4.69, 9.17) is 4.74 Å². The smallest absolute Gasteiger partial charge is 0.278 e. The number of benzene rings is 3. The molecule has 0 aliphatic rings. The lowest BCUT2D eigenvalue weighted by Crippen LogP contribution is -2.40. The summed E-state index contributed by atoms with van der Waals surface area (Å²) in [4.78, 5) is 13.1. The van der Waals surface area contributed by atoms with E-state index in [9.17, 15) is 13.2 Å². The van der Waals surface area contributed by atoms with E-state index in [0.717, 1.165) is 21.0 Å². The fraction of sp³-hybridized carbons (Fsp3) is 0.174. The molecule has 0 saturated carbocycles. The molecule has 5 nitrogen and oxygen atoms in total. The van der Waals surface area contributed by atoms with Crippen molar-refractivity contribution in [3.63, 3.8) is 0 Å². The first-order valence-corrected chi connectivity index (χ1v) is 10.6. The van der Waals surface area contributed by atoms with Crippen molar-refractivity contribution in [2.75, 3.05) is 10.9 Å². The van der Waals surface area contributed by atoms with Crippen LogP contribution in [0.4, 0.5) is 5.69 Å². The average Bonchev–Trinajstić information content (AvgIpc) is 2.69. The minimum absolute atomic E-state index is 0.0485. The van der Waals surface area contributed by atoms with E-state index in [1.165, 1.54) is 12.1 Å². The van der Waals surface area contributed by atoms with Gasteiger partial charge in [-0.2, -0.15) is 4.31 Å². The van der Waals surface area contributed by atoms with Gasteiger partial charge in [-0.1, -0.05) is 54.1 Å². The Balaban J connectivity index is 1.96. The van der Waals surface area contributed by atoms with E-state index in [1.807, 2.05) is 39.0 Å². The van der Waals surface area contributed by atoms with Gasteiger partial charge in [0.05, 0.1) is 10.6 Å². The number of carbonyl (C=O) groups is 1. The van der Waals surface area contributed by atoms with Crippen LogP contribution in [0.3, 0.4) is 0 Å². The Morgan fingerprint density at radius 1 is 0.828 bits per heavy atom. The van der Waals surface area contributed by atoms with Gasteiger partial charge in [-0.3, -0.25) is 4.79 Å². The van der Waals surface area contributed by atoms with Crippen molar-refractivity contribution in [3.05, 3.63) is 89.5 Å². The number of rotatable bonds is 6. The predicted molar refractivity (Wildman–Crippen MR) is 114 cm³/mol. The van der Waals surface area contributed by atoms with E-state index in [2.05, 4.69) is 0 Å². The number of aryl methyl sites for hydroxylation is 3. The molecule has 0 spiro atoms. The fourth-order valence-electron chi connectivity index (χ4n) is 3.02. The van der Waals surface area contributed by atoms with E-state index < -0.39 is 22.5 Å². The minimum Gasteiger partial charge on any atom is -0.483 e. The topological polar surface area (TPSA) is 63.7 Å². The Hall–Kier alpha value is -3.12. The van der Waals surface area contributed by atoms with Gasteiger partial charge in [-0.15, -0.1) is 0 Å². The van der Waals surface area contributed by atoms with Gasteiger partial charge in [-0.05, 0) is 56.2 Å². The summed E-state index contributed by atoms with van der Waals surface area (Å²) < 4.78 is 33.1. The first-order valence-electron chi connectivity index (χ1n) is 9.19. The lowest BCUT2D eigenvalue weighted by Gasteiger charge is -2.23. The summed E-state index contributed by atoms with van der Waals surface area (Å²) in [5, 5.41) is 0. The molecule has 29 heavy (non-hydrogen) atoms. The summed E-state index contributed by atoms with van der Waals surface area (Å²) in [6.07, 6.45) is 0. The van der Waals surface area contributed by atoms with Crippen LogP contribution < -0.4 is 9.04 Å². The molecule has 0 bridgehead atoms. The van der Waals surface area contributed by atoms with Crippen LogP contribution >= 0.6 is 0 Å². The first kappa shape index (κ1) is 20.6. The SMILES string of the molecule is Cc1ccc(S(=O)(=O)N(C(=O)COc2c(C)cccc2C)c2ccccc2)cc1. The molecule has 150 valence electrons. The van der Waals surface area contributed by atoms with Crippen molar-refractivity contribution in [3.8, 4) is 5.75 Å². The third-order valence-electron chi connectivity index (χ3n) is 4.53. The van der Waals surface area contributed by atoms with E-state index >= 15 is 0 Å². The third kappa shape index (κ3) is 4.49. The molecule has 3 aromatic rings. The number of sulfonamides is 1. The molecule has 0 fully saturated rings. The van der Waals surface area contributed by atoms with Crippen LogP contribution in [0.15, 0.2) is 77.7 Å². The number of ether oxygens (including phenoxy) is 1. The molecule has 0 radical (unpaired) electrons. The van der Waals surface area contributed by atoms with Crippen molar-refractivity contribution in [1.29, 1.82) is 0 Å². The molecular weight excluding hydrogens is 386 g/mol. The highest BCUT2D eigenvalue weighted by atomic mass is 32.2.